The molecule has 0 bridgehead atoms. The Bertz CT molecular complexity index is 130. The Balaban J connectivity index is 2.33. The molecule has 0 aliphatic carbocycles. The second-order valence-corrected chi connectivity index (χ2v) is 2.52. The number of amidine groups is 1. The van der Waals surface area contributed by atoms with Gasteiger partial charge in [-0.1, -0.05) is 0 Å². The first-order valence-corrected chi connectivity index (χ1v) is 3.38. The first-order chi connectivity index (χ1) is 4.70. The van der Waals surface area contributed by atoms with Gasteiger partial charge >= 0.3 is 0 Å². The van der Waals surface area contributed by atoms with Crippen molar-refractivity contribution in [3.8, 4) is 0 Å². The van der Waals surface area contributed by atoms with Crippen molar-refractivity contribution in [1.82, 2.24) is 4.90 Å². The Kier molecular flexibility index (Phi) is 2.11. The zero-order chi connectivity index (χ0) is 7.56. The van der Waals surface area contributed by atoms with Crippen LogP contribution in [-0.4, -0.2) is 35.2 Å². The average molecular weight is 143 g/mol. The van der Waals surface area contributed by atoms with E-state index in [1.165, 1.54) is 4.90 Å². The molecule has 0 aromatic heterocycles. The van der Waals surface area contributed by atoms with Gasteiger partial charge in [0.1, 0.15) is 0 Å². The molecule has 0 radical (unpaired) electrons. The summed E-state index contributed by atoms with van der Waals surface area (Å²) in [6, 6.07) is -0.633. The van der Waals surface area contributed by atoms with Crippen molar-refractivity contribution < 1.29 is 10.2 Å². The quantitative estimate of drug-likeness (QED) is 0.328. The first kappa shape index (κ1) is 7.34. The predicted molar refractivity (Wildman–Crippen MR) is 34.5 cm³/mol. The highest BCUT2D eigenvalue weighted by molar-refractivity contribution is 5.65. The van der Waals surface area contributed by atoms with Crippen LogP contribution in [0.3, 0.4) is 0 Å². The Labute approximate surface area is 59.6 Å². The third-order valence-electron chi connectivity index (χ3n) is 1.75. The van der Waals surface area contributed by atoms with Gasteiger partial charge in [-0.25, -0.2) is 0 Å². The summed E-state index contributed by atoms with van der Waals surface area (Å²) in [4.78, 5) is 1.44. The molecule has 0 spiro atoms. The van der Waals surface area contributed by atoms with E-state index in [0.29, 0.717) is 25.9 Å². The largest absolute Gasteiger partial charge is 0.846 e. The minimum absolute atomic E-state index is 0.268. The van der Waals surface area contributed by atoms with E-state index in [1.807, 2.05) is 0 Å². The van der Waals surface area contributed by atoms with Gasteiger partial charge in [-0.2, -0.15) is 0 Å². The Morgan fingerprint density at radius 2 is 2.00 bits per heavy atom. The fraction of sp³-hybridized carbons (Fsp3) is 0.833. The summed E-state index contributed by atoms with van der Waals surface area (Å²) in [6.07, 6.45) is 0.963. The Morgan fingerprint density at radius 3 is 2.40 bits per heavy atom. The number of nitrogens with one attached hydrogen (secondary N) is 1. The second kappa shape index (κ2) is 2.88. The lowest BCUT2D eigenvalue weighted by atomic mass is 10.1. The van der Waals surface area contributed by atoms with Gasteiger partial charge in [-0.15, -0.1) is 0 Å². The molecule has 1 fully saturated rings. The van der Waals surface area contributed by atoms with Crippen molar-refractivity contribution in [2.75, 3.05) is 13.1 Å². The van der Waals surface area contributed by atoms with E-state index in [2.05, 4.69) is 0 Å². The molecule has 4 nitrogen and oxygen atoms in total. The van der Waals surface area contributed by atoms with Gasteiger partial charge in [0, 0.05) is 19.1 Å². The molecular weight excluding hydrogens is 132 g/mol. The van der Waals surface area contributed by atoms with E-state index in [4.69, 9.17) is 10.5 Å². The topological polar surface area (TPSA) is 70.4 Å². The Hall–Kier alpha value is -0.770. The van der Waals surface area contributed by atoms with Gasteiger partial charge in [-0.05, 0) is 12.8 Å². The summed E-state index contributed by atoms with van der Waals surface area (Å²) >= 11 is 0. The molecule has 1 aliphatic heterocycles. The highest BCUT2D eigenvalue weighted by Crippen LogP contribution is 2.08. The summed E-state index contributed by atoms with van der Waals surface area (Å²) < 4.78 is 0. The van der Waals surface area contributed by atoms with Crippen LogP contribution in [0.2, 0.25) is 0 Å². The predicted octanol–water partition coefficient (Wildman–Crippen LogP) is -1.26. The Morgan fingerprint density at radius 1 is 1.50 bits per heavy atom. The van der Waals surface area contributed by atoms with Crippen molar-refractivity contribution in [2.24, 2.45) is 0 Å². The standard InChI is InChI=1S/C6H12N2O2/c7-6(10)8-3-1-5(9)2-4-8/h5,9H,1-4H2,(H2,7,10)/p-1. The van der Waals surface area contributed by atoms with Gasteiger partial charge in [0.05, 0.1) is 6.10 Å². The number of piperidine rings is 1. The number of aliphatic hydroxyl groups is 1. The van der Waals surface area contributed by atoms with E-state index >= 15 is 0 Å². The van der Waals surface area contributed by atoms with Gasteiger partial charge in [-0.3, -0.25) is 5.41 Å². The summed E-state index contributed by atoms with van der Waals surface area (Å²) in [5, 5.41) is 26.2. The van der Waals surface area contributed by atoms with Crippen molar-refractivity contribution in [3.05, 3.63) is 0 Å². The van der Waals surface area contributed by atoms with Gasteiger partial charge in [0.25, 0.3) is 0 Å². The van der Waals surface area contributed by atoms with E-state index in [9.17, 15) is 5.11 Å². The molecule has 0 saturated carbocycles. The number of aliphatic hydroxyl groups excluding tert-OH is 1. The summed E-state index contributed by atoms with van der Waals surface area (Å²) in [7, 11) is 0. The number of hydrogen-bond donors (Lipinski definition) is 2. The molecular formula is C6H11N2O2-. The second-order valence-electron chi connectivity index (χ2n) is 2.52. The van der Waals surface area contributed by atoms with Crippen LogP contribution >= 0.6 is 0 Å². The number of likely N-dealkylation sites (tertiary alicyclic amines) is 1. The lowest BCUT2D eigenvalue weighted by molar-refractivity contribution is -0.238. The monoisotopic (exact) mass is 143 g/mol. The molecule has 0 amide bonds. The number of rotatable bonds is 0. The zero-order valence-corrected chi connectivity index (χ0v) is 5.71. The molecule has 1 heterocycles. The molecule has 0 unspecified atom stereocenters. The fourth-order valence-corrected chi connectivity index (χ4v) is 1.07. The zero-order valence-electron chi connectivity index (χ0n) is 5.71. The van der Waals surface area contributed by atoms with Crippen molar-refractivity contribution in [1.29, 1.82) is 5.41 Å². The van der Waals surface area contributed by atoms with Crippen LogP contribution in [0.4, 0.5) is 0 Å². The molecule has 58 valence electrons. The lowest BCUT2D eigenvalue weighted by Gasteiger charge is -2.33. The van der Waals surface area contributed by atoms with Gasteiger partial charge in [0.2, 0.25) is 0 Å². The van der Waals surface area contributed by atoms with Crippen LogP contribution in [-0.2, 0) is 0 Å². The number of nitrogens with zero attached hydrogens (tertiary/aromatic N) is 1. The highest BCUT2D eigenvalue weighted by atomic mass is 16.3. The van der Waals surface area contributed by atoms with Crippen LogP contribution in [0.1, 0.15) is 12.8 Å². The number of hydrogen-bond acceptors (Lipinski definition) is 3. The fourth-order valence-electron chi connectivity index (χ4n) is 1.07. The highest BCUT2D eigenvalue weighted by Gasteiger charge is 2.14. The molecule has 0 aromatic carbocycles. The summed E-state index contributed by atoms with van der Waals surface area (Å²) in [5.74, 6) is 0. The molecule has 0 atom stereocenters. The SMILES string of the molecule is N=C([O-])N1CCC(O)CC1. The maximum Gasteiger partial charge on any atom is 0.0574 e. The van der Waals surface area contributed by atoms with Crippen LogP contribution in [0.5, 0.6) is 0 Å². The van der Waals surface area contributed by atoms with Crippen LogP contribution < -0.4 is 5.11 Å². The maximum absolute atomic E-state index is 10.4. The van der Waals surface area contributed by atoms with Crippen molar-refractivity contribution >= 4 is 6.02 Å². The normalized spacial score (nSPS) is 21.1. The average Bonchev–Trinajstić information content (AvgIpc) is 1.88. The van der Waals surface area contributed by atoms with Crippen LogP contribution in [0.25, 0.3) is 0 Å². The van der Waals surface area contributed by atoms with Gasteiger partial charge in [0.15, 0.2) is 0 Å². The maximum atomic E-state index is 10.4. The molecule has 1 saturated heterocycles. The van der Waals surface area contributed by atoms with Crippen LogP contribution in [0.15, 0.2) is 0 Å². The van der Waals surface area contributed by atoms with Gasteiger partial charge < -0.3 is 15.1 Å². The minimum atomic E-state index is -0.633. The molecule has 1 aliphatic rings. The molecule has 0 aromatic rings. The molecule has 2 N–H and O–H groups in total. The van der Waals surface area contributed by atoms with Crippen molar-refractivity contribution in [3.63, 3.8) is 0 Å². The minimum Gasteiger partial charge on any atom is -0.846 e. The van der Waals surface area contributed by atoms with Crippen LogP contribution in [0, 0.1) is 5.41 Å². The summed E-state index contributed by atoms with van der Waals surface area (Å²) in [5.41, 5.74) is 0. The third kappa shape index (κ3) is 1.60. The van der Waals surface area contributed by atoms with Crippen molar-refractivity contribution in [2.45, 2.75) is 18.9 Å². The molecule has 10 heavy (non-hydrogen) atoms. The van der Waals surface area contributed by atoms with E-state index in [0.717, 1.165) is 0 Å². The lowest BCUT2D eigenvalue weighted by Crippen LogP contribution is -2.45. The van der Waals surface area contributed by atoms with E-state index < -0.39 is 6.02 Å². The smallest absolute Gasteiger partial charge is 0.0574 e. The molecule has 4 heteroatoms. The summed E-state index contributed by atoms with van der Waals surface area (Å²) in [6.45, 7) is 1.06. The first-order valence-electron chi connectivity index (χ1n) is 3.38. The third-order valence-corrected chi connectivity index (χ3v) is 1.75. The van der Waals surface area contributed by atoms with E-state index in [1.54, 1.807) is 0 Å². The van der Waals surface area contributed by atoms with E-state index in [-0.39, 0.29) is 6.10 Å². The molecule has 1 rings (SSSR count).